The zero-order valence-corrected chi connectivity index (χ0v) is 9.65. The van der Waals surface area contributed by atoms with Gasteiger partial charge in [0.15, 0.2) is 0 Å². The molecule has 1 N–H and O–H groups in total. The van der Waals surface area contributed by atoms with Crippen LogP contribution in [0.4, 0.5) is 0 Å². The van der Waals surface area contributed by atoms with E-state index in [1.54, 1.807) is 24.5 Å². The van der Waals surface area contributed by atoms with Gasteiger partial charge in [0.2, 0.25) is 0 Å². The number of hydrogen-bond donors (Lipinski definition) is 1. The summed E-state index contributed by atoms with van der Waals surface area (Å²) in [5, 5.41) is 10.8. The van der Waals surface area contributed by atoms with E-state index in [9.17, 15) is 5.11 Å². The molecule has 82 valence electrons. The molecule has 0 aliphatic carbocycles. The normalized spacial score (nSPS) is 12.4. The van der Waals surface area contributed by atoms with Crippen molar-refractivity contribution in [3.05, 3.63) is 64.4 Å². The lowest BCUT2D eigenvalue weighted by Crippen LogP contribution is -2.02. The number of halogens is 1. The van der Waals surface area contributed by atoms with Gasteiger partial charge in [-0.3, -0.25) is 4.98 Å². The molecular weight excluding hydrogens is 222 g/mol. The van der Waals surface area contributed by atoms with Crippen LogP contribution in [0.5, 0.6) is 0 Å². The van der Waals surface area contributed by atoms with Gasteiger partial charge >= 0.3 is 0 Å². The molecule has 0 bridgehead atoms. The van der Waals surface area contributed by atoms with Gasteiger partial charge < -0.3 is 5.11 Å². The molecule has 0 aliphatic heterocycles. The van der Waals surface area contributed by atoms with Gasteiger partial charge in [-0.25, -0.2) is 0 Å². The predicted molar refractivity (Wildman–Crippen MR) is 64.5 cm³/mol. The van der Waals surface area contributed by atoms with Crippen LogP contribution in [-0.2, 0) is 0 Å². The fourth-order valence-electron chi connectivity index (χ4n) is 1.65. The third-order valence-corrected chi connectivity index (χ3v) is 2.76. The smallest absolute Gasteiger partial charge is 0.104 e. The van der Waals surface area contributed by atoms with Crippen molar-refractivity contribution in [3.8, 4) is 0 Å². The van der Waals surface area contributed by atoms with Gasteiger partial charge in [0.1, 0.15) is 6.10 Å². The van der Waals surface area contributed by atoms with Crippen molar-refractivity contribution in [2.24, 2.45) is 0 Å². The molecule has 0 saturated heterocycles. The van der Waals surface area contributed by atoms with Crippen LogP contribution in [0.25, 0.3) is 0 Å². The summed E-state index contributed by atoms with van der Waals surface area (Å²) in [6.07, 6.45) is 2.76. The van der Waals surface area contributed by atoms with Crippen LogP contribution < -0.4 is 0 Å². The van der Waals surface area contributed by atoms with E-state index in [4.69, 9.17) is 11.6 Å². The molecule has 1 aromatic heterocycles. The van der Waals surface area contributed by atoms with E-state index in [0.29, 0.717) is 5.02 Å². The van der Waals surface area contributed by atoms with E-state index < -0.39 is 6.10 Å². The molecule has 3 heteroatoms. The molecule has 2 nitrogen and oxygen atoms in total. The number of aromatic nitrogens is 1. The summed E-state index contributed by atoms with van der Waals surface area (Å²) in [5.74, 6) is 0. The Hall–Kier alpha value is -1.38. The van der Waals surface area contributed by atoms with Crippen LogP contribution in [0.2, 0.25) is 5.02 Å². The SMILES string of the molecule is Cc1cnccc1C(O)c1cccc(Cl)c1. The van der Waals surface area contributed by atoms with Crippen molar-refractivity contribution >= 4 is 11.6 Å². The Balaban J connectivity index is 2.39. The summed E-state index contributed by atoms with van der Waals surface area (Å²) >= 11 is 5.89. The highest BCUT2D eigenvalue weighted by Gasteiger charge is 2.12. The first-order chi connectivity index (χ1) is 7.68. The molecule has 0 saturated carbocycles. The van der Waals surface area contributed by atoms with E-state index in [1.807, 2.05) is 25.1 Å². The van der Waals surface area contributed by atoms with Gasteiger partial charge in [0, 0.05) is 17.4 Å². The third-order valence-electron chi connectivity index (χ3n) is 2.52. The molecule has 0 spiro atoms. The number of hydrogen-bond acceptors (Lipinski definition) is 2. The lowest BCUT2D eigenvalue weighted by molar-refractivity contribution is 0.219. The zero-order valence-electron chi connectivity index (χ0n) is 8.89. The molecule has 1 unspecified atom stereocenters. The van der Waals surface area contributed by atoms with Crippen molar-refractivity contribution in [3.63, 3.8) is 0 Å². The fraction of sp³-hybridized carbons (Fsp3) is 0.154. The molecule has 2 rings (SSSR count). The van der Waals surface area contributed by atoms with Crippen LogP contribution in [0, 0.1) is 6.92 Å². The van der Waals surface area contributed by atoms with E-state index in [2.05, 4.69) is 4.98 Å². The quantitative estimate of drug-likeness (QED) is 0.865. The van der Waals surface area contributed by atoms with Gasteiger partial charge in [-0.1, -0.05) is 23.7 Å². The summed E-state index contributed by atoms with van der Waals surface area (Å²) < 4.78 is 0. The Morgan fingerprint density at radius 1 is 1.31 bits per heavy atom. The Morgan fingerprint density at radius 3 is 2.81 bits per heavy atom. The third kappa shape index (κ3) is 2.23. The monoisotopic (exact) mass is 233 g/mol. The van der Waals surface area contributed by atoms with Gasteiger partial charge in [0.05, 0.1) is 0 Å². The summed E-state index contributed by atoms with van der Waals surface area (Å²) in [7, 11) is 0. The maximum atomic E-state index is 10.2. The van der Waals surface area contributed by atoms with Crippen molar-refractivity contribution in [1.82, 2.24) is 4.98 Å². The van der Waals surface area contributed by atoms with Crippen LogP contribution >= 0.6 is 11.6 Å². The van der Waals surface area contributed by atoms with Crippen molar-refractivity contribution in [2.45, 2.75) is 13.0 Å². The molecule has 1 heterocycles. The van der Waals surface area contributed by atoms with Crippen molar-refractivity contribution in [1.29, 1.82) is 0 Å². The number of aryl methyl sites for hydroxylation is 1. The molecule has 0 aliphatic rings. The molecule has 16 heavy (non-hydrogen) atoms. The average Bonchev–Trinajstić information content (AvgIpc) is 2.29. The number of nitrogens with zero attached hydrogens (tertiary/aromatic N) is 1. The highest BCUT2D eigenvalue weighted by molar-refractivity contribution is 6.30. The molecule has 1 atom stereocenters. The second-order valence-electron chi connectivity index (χ2n) is 3.69. The van der Waals surface area contributed by atoms with Crippen molar-refractivity contribution < 1.29 is 5.11 Å². The number of benzene rings is 1. The highest BCUT2D eigenvalue weighted by Crippen LogP contribution is 2.25. The summed E-state index contributed by atoms with van der Waals surface area (Å²) in [4.78, 5) is 4.00. The lowest BCUT2D eigenvalue weighted by atomic mass is 9.99. The standard InChI is InChI=1S/C13H12ClNO/c1-9-8-15-6-5-12(9)13(16)10-3-2-4-11(14)7-10/h2-8,13,16H,1H3. The van der Waals surface area contributed by atoms with Gasteiger partial charge in [-0.05, 0) is 41.8 Å². The second kappa shape index (κ2) is 4.64. The van der Waals surface area contributed by atoms with E-state index in [1.165, 1.54) is 0 Å². The number of rotatable bonds is 2. The predicted octanol–water partition coefficient (Wildman–Crippen LogP) is 3.13. The summed E-state index contributed by atoms with van der Waals surface area (Å²) in [6, 6.07) is 9.07. The first-order valence-electron chi connectivity index (χ1n) is 5.02. The van der Waals surface area contributed by atoms with Crippen LogP contribution in [0.3, 0.4) is 0 Å². The summed E-state index contributed by atoms with van der Waals surface area (Å²) in [5.41, 5.74) is 2.62. The molecule has 1 aromatic carbocycles. The number of pyridine rings is 1. The Bertz CT molecular complexity index is 499. The minimum Gasteiger partial charge on any atom is -0.384 e. The highest BCUT2D eigenvalue weighted by atomic mass is 35.5. The zero-order chi connectivity index (χ0) is 11.5. The molecule has 0 radical (unpaired) electrons. The first-order valence-corrected chi connectivity index (χ1v) is 5.40. The molecular formula is C13H12ClNO. The topological polar surface area (TPSA) is 33.1 Å². The maximum Gasteiger partial charge on any atom is 0.104 e. The van der Waals surface area contributed by atoms with Gasteiger partial charge in [-0.2, -0.15) is 0 Å². The fourth-order valence-corrected chi connectivity index (χ4v) is 1.85. The first kappa shape index (κ1) is 11.1. The molecule has 2 aromatic rings. The van der Waals surface area contributed by atoms with E-state index >= 15 is 0 Å². The van der Waals surface area contributed by atoms with Gasteiger partial charge in [0.25, 0.3) is 0 Å². The van der Waals surface area contributed by atoms with Crippen LogP contribution in [0.15, 0.2) is 42.7 Å². The van der Waals surface area contributed by atoms with Crippen LogP contribution in [-0.4, -0.2) is 10.1 Å². The van der Waals surface area contributed by atoms with E-state index in [0.717, 1.165) is 16.7 Å². The molecule has 0 fully saturated rings. The Kier molecular flexibility index (Phi) is 3.22. The van der Waals surface area contributed by atoms with Crippen LogP contribution in [0.1, 0.15) is 22.8 Å². The lowest BCUT2D eigenvalue weighted by Gasteiger charge is -2.13. The Labute approximate surface area is 99.5 Å². The largest absolute Gasteiger partial charge is 0.384 e. The minimum absolute atomic E-state index is 0.628. The number of aliphatic hydroxyl groups is 1. The summed E-state index contributed by atoms with van der Waals surface area (Å²) in [6.45, 7) is 1.93. The second-order valence-corrected chi connectivity index (χ2v) is 4.13. The van der Waals surface area contributed by atoms with E-state index in [-0.39, 0.29) is 0 Å². The number of aliphatic hydroxyl groups excluding tert-OH is 1. The molecule has 0 amide bonds. The maximum absolute atomic E-state index is 10.2. The van der Waals surface area contributed by atoms with Crippen molar-refractivity contribution in [2.75, 3.05) is 0 Å². The Morgan fingerprint density at radius 2 is 2.12 bits per heavy atom. The minimum atomic E-state index is -0.651. The average molecular weight is 234 g/mol. The van der Waals surface area contributed by atoms with Gasteiger partial charge in [-0.15, -0.1) is 0 Å².